The largest absolute Gasteiger partial charge is 0.369 e. The van der Waals surface area contributed by atoms with E-state index in [9.17, 15) is 4.39 Å². The molecule has 0 fully saturated rings. The van der Waals surface area contributed by atoms with Crippen molar-refractivity contribution in [1.29, 1.82) is 0 Å². The van der Waals surface area contributed by atoms with E-state index in [-0.39, 0.29) is 11.8 Å². The van der Waals surface area contributed by atoms with E-state index in [0.29, 0.717) is 18.5 Å². The highest BCUT2D eigenvalue weighted by molar-refractivity contribution is 5.75. The average molecular weight is 196 g/mol. The van der Waals surface area contributed by atoms with Crippen LogP contribution in [-0.4, -0.2) is 12.5 Å². The molecule has 0 radical (unpaired) electrons. The normalized spacial score (nSPS) is 9.50. The fraction of sp³-hybridized carbons (Fsp3) is 0.222. The Morgan fingerprint density at radius 3 is 2.71 bits per heavy atom. The molecule has 0 aliphatic rings. The van der Waals surface area contributed by atoms with Crippen LogP contribution in [0.3, 0.4) is 0 Å². The van der Waals surface area contributed by atoms with Crippen LogP contribution in [-0.2, 0) is 6.42 Å². The van der Waals surface area contributed by atoms with Gasteiger partial charge < -0.3 is 16.9 Å². The van der Waals surface area contributed by atoms with Gasteiger partial charge in [0.2, 0.25) is 5.96 Å². The first-order valence-electron chi connectivity index (χ1n) is 4.25. The number of hydrazone groups is 1. The molecule has 4 nitrogen and oxygen atoms in total. The van der Waals surface area contributed by atoms with Crippen molar-refractivity contribution in [3.05, 3.63) is 35.6 Å². The zero-order valence-corrected chi connectivity index (χ0v) is 7.70. The number of hydrogen-bond acceptors (Lipinski definition) is 2. The van der Waals surface area contributed by atoms with Gasteiger partial charge in [0.1, 0.15) is 5.82 Å². The molecular formula is C9H13FN4. The molecule has 0 aromatic heterocycles. The Kier molecular flexibility index (Phi) is 3.72. The molecule has 0 heterocycles. The van der Waals surface area contributed by atoms with Crippen molar-refractivity contribution in [1.82, 2.24) is 5.43 Å². The Morgan fingerprint density at radius 2 is 2.07 bits per heavy atom. The van der Waals surface area contributed by atoms with E-state index in [0.717, 1.165) is 0 Å². The Hall–Kier alpha value is -1.78. The third kappa shape index (κ3) is 3.30. The van der Waals surface area contributed by atoms with Gasteiger partial charge in [-0.3, -0.25) is 0 Å². The van der Waals surface area contributed by atoms with Gasteiger partial charge in [-0.1, -0.05) is 18.2 Å². The van der Waals surface area contributed by atoms with Crippen LogP contribution in [0, 0.1) is 5.82 Å². The summed E-state index contributed by atoms with van der Waals surface area (Å²) in [5, 5.41) is 3.57. The first-order chi connectivity index (χ1) is 6.70. The van der Waals surface area contributed by atoms with Gasteiger partial charge in [0.25, 0.3) is 0 Å². The van der Waals surface area contributed by atoms with Crippen LogP contribution in [0.15, 0.2) is 29.4 Å². The minimum Gasteiger partial charge on any atom is -0.369 e. The summed E-state index contributed by atoms with van der Waals surface area (Å²) in [4.78, 5) is 0. The zero-order chi connectivity index (χ0) is 10.4. The van der Waals surface area contributed by atoms with E-state index >= 15 is 0 Å². The summed E-state index contributed by atoms with van der Waals surface area (Å²) in [6.07, 6.45) is 0.545. The maximum Gasteiger partial charge on any atom is 0.208 e. The second-order valence-corrected chi connectivity index (χ2v) is 2.79. The third-order valence-corrected chi connectivity index (χ3v) is 1.67. The SMILES string of the molecule is NC(N)=NNCCc1ccccc1F. The first-order valence-corrected chi connectivity index (χ1v) is 4.25. The van der Waals surface area contributed by atoms with Crippen LogP contribution in [0.4, 0.5) is 4.39 Å². The molecule has 14 heavy (non-hydrogen) atoms. The molecule has 0 atom stereocenters. The zero-order valence-electron chi connectivity index (χ0n) is 7.70. The van der Waals surface area contributed by atoms with Crippen molar-refractivity contribution >= 4 is 5.96 Å². The highest BCUT2D eigenvalue weighted by Crippen LogP contribution is 2.05. The molecule has 0 spiro atoms. The molecule has 0 aliphatic heterocycles. The molecule has 0 bridgehead atoms. The van der Waals surface area contributed by atoms with Gasteiger partial charge in [0, 0.05) is 6.54 Å². The van der Waals surface area contributed by atoms with Gasteiger partial charge in [0.05, 0.1) is 0 Å². The Labute approximate surface area is 81.8 Å². The summed E-state index contributed by atoms with van der Waals surface area (Å²) in [5.74, 6) is -0.238. The van der Waals surface area contributed by atoms with Crippen LogP contribution in [0.25, 0.3) is 0 Å². The van der Waals surface area contributed by atoms with E-state index in [1.54, 1.807) is 18.2 Å². The quantitative estimate of drug-likeness (QED) is 0.277. The summed E-state index contributed by atoms with van der Waals surface area (Å²) in [6, 6.07) is 6.60. The molecule has 76 valence electrons. The number of nitrogens with zero attached hydrogens (tertiary/aromatic N) is 1. The lowest BCUT2D eigenvalue weighted by Gasteiger charge is -2.02. The van der Waals surface area contributed by atoms with Crippen molar-refractivity contribution in [2.45, 2.75) is 6.42 Å². The van der Waals surface area contributed by atoms with Gasteiger partial charge in [-0.05, 0) is 18.1 Å². The number of rotatable bonds is 4. The second-order valence-electron chi connectivity index (χ2n) is 2.79. The molecule has 0 saturated heterocycles. The van der Waals surface area contributed by atoms with Crippen molar-refractivity contribution in [3.63, 3.8) is 0 Å². The minimum absolute atomic E-state index is 0.0291. The molecule has 5 heteroatoms. The molecule has 0 saturated carbocycles. The van der Waals surface area contributed by atoms with E-state index in [1.807, 2.05) is 0 Å². The van der Waals surface area contributed by atoms with Gasteiger partial charge in [-0.25, -0.2) is 4.39 Å². The Bertz CT molecular complexity index is 320. The standard InChI is InChI=1S/C9H13FN4/c10-8-4-2-1-3-7(8)5-6-13-14-9(11)12/h1-4,13H,5-6H2,(H4,11,12,14). The van der Waals surface area contributed by atoms with Crippen LogP contribution in [0.5, 0.6) is 0 Å². The van der Waals surface area contributed by atoms with Crippen molar-refractivity contribution in [2.24, 2.45) is 16.6 Å². The molecule has 0 aliphatic carbocycles. The van der Waals surface area contributed by atoms with Crippen molar-refractivity contribution in [2.75, 3.05) is 6.54 Å². The van der Waals surface area contributed by atoms with Crippen molar-refractivity contribution in [3.8, 4) is 0 Å². The fourth-order valence-electron chi connectivity index (χ4n) is 1.04. The topological polar surface area (TPSA) is 76.4 Å². The van der Waals surface area contributed by atoms with Gasteiger partial charge in [-0.2, -0.15) is 0 Å². The second kappa shape index (κ2) is 5.06. The lowest BCUT2D eigenvalue weighted by molar-refractivity contribution is 0.601. The lowest BCUT2D eigenvalue weighted by Crippen LogP contribution is -2.27. The van der Waals surface area contributed by atoms with Gasteiger partial charge in [-0.15, -0.1) is 5.10 Å². The number of hydrogen-bond donors (Lipinski definition) is 3. The average Bonchev–Trinajstić information content (AvgIpc) is 2.15. The summed E-state index contributed by atoms with van der Waals surface area (Å²) in [6.45, 7) is 0.499. The summed E-state index contributed by atoms with van der Waals surface area (Å²) in [5.41, 5.74) is 13.5. The third-order valence-electron chi connectivity index (χ3n) is 1.67. The molecule has 1 aromatic carbocycles. The molecule has 5 N–H and O–H groups in total. The monoisotopic (exact) mass is 196 g/mol. The first kappa shape index (κ1) is 10.3. The van der Waals surface area contributed by atoms with Crippen LogP contribution in [0.1, 0.15) is 5.56 Å². The van der Waals surface area contributed by atoms with E-state index in [4.69, 9.17) is 11.5 Å². The molecule has 0 unspecified atom stereocenters. The highest BCUT2D eigenvalue weighted by atomic mass is 19.1. The molecule has 1 aromatic rings. The Balaban J connectivity index is 2.39. The van der Waals surface area contributed by atoms with Gasteiger partial charge >= 0.3 is 0 Å². The molecular weight excluding hydrogens is 183 g/mol. The minimum atomic E-state index is -0.209. The molecule has 0 amide bonds. The smallest absolute Gasteiger partial charge is 0.208 e. The van der Waals surface area contributed by atoms with E-state index in [2.05, 4.69) is 10.5 Å². The summed E-state index contributed by atoms with van der Waals surface area (Å²) >= 11 is 0. The van der Waals surface area contributed by atoms with Crippen molar-refractivity contribution < 1.29 is 4.39 Å². The highest BCUT2D eigenvalue weighted by Gasteiger charge is 1.98. The van der Waals surface area contributed by atoms with E-state index in [1.165, 1.54) is 6.07 Å². The summed E-state index contributed by atoms with van der Waals surface area (Å²) < 4.78 is 13.1. The summed E-state index contributed by atoms with van der Waals surface area (Å²) in [7, 11) is 0. The van der Waals surface area contributed by atoms with E-state index < -0.39 is 0 Å². The van der Waals surface area contributed by atoms with Crippen LogP contribution in [0.2, 0.25) is 0 Å². The fourth-order valence-corrected chi connectivity index (χ4v) is 1.04. The predicted octanol–water partition coefficient (Wildman–Crippen LogP) is 0.146. The van der Waals surface area contributed by atoms with Crippen LogP contribution >= 0.6 is 0 Å². The molecule has 1 rings (SSSR count). The number of benzene rings is 1. The number of nitrogens with one attached hydrogen (secondary N) is 1. The number of nitrogens with two attached hydrogens (primary N) is 2. The number of halogens is 1. The van der Waals surface area contributed by atoms with Crippen LogP contribution < -0.4 is 16.9 Å². The maximum absolute atomic E-state index is 13.1. The Morgan fingerprint density at radius 1 is 1.36 bits per heavy atom. The predicted molar refractivity (Wildman–Crippen MR) is 53.9 cm³/mol. The van der Waals surface area contributed by atoms with Gasteiger partial charge in [0.15, 0.2) is 0 Å². The number of guanidine groups is 1. The maximum atomic E-state index is 13.1. The lowest BCUT2D eigenvalue weighted by atomic mass is 10.1.